The highest BCUT2D eigenvalue weighted by Gasteiger charge is 2.06. The van der Waals surface area contributed by atoms with Gasteiger partial charge < -0.3 is 15.2 Å². The molecule has 0 atom stereocenters. The lowest BCUT2D eigenvalue weighted by atomic mass is 10.1. The van der Waals surface area contributed by atoms with Crippen LogP contribution in [0.2, 0.25) is 0 Å². The minimum absolute atomic E-state index is 0.763. The quantitative estimate of drug-likeness (QED) is 0.557. The monoisotopic (exact) mass is 335 g/mol. The Kier molecular flexibility index (Phi) is 5.33. The molecule has 0 radical (unpaired) electrons. The van der Waals surface area contributed by atoms with Crippen LogP contribution in [0, 0.1) is 13.8 Å². The number of imidazole rings is 1. The van der Waals surface area contributed by atoms with Gasteiger partial charge in [0.2, 0.25) is 0 Å². The lowest BCUT2D eigenvalue weighted by molar-refractivity contribution is 0.660. The Morgan fingerprint density at radius 1 is 1.04 bits per heavy atom. The Balaban J connectivity index is 1.56. The number of rotatable bonds is 5. The van der Waals surface area contributed by atoms with Crippen molar-refractivity contribution in [2.75, 3.05) is 13.6 Å². The van der Waals surface area contributed by atoms with E-state index in [0.29, 0.717) is 0 Å². The van der Waals surface area contributed by atoms with E-state index in [9.17, 15) is 0 Å². The first-order chi connectivity index (χ1) is 12.2. The molecule has 5 heteroatoms. The Labute approximate surface area is 148 Å². The van der Waals surface area contributed by atoms with Crippen molar-refractivity contribution < 1.29 is 0 Å². The molecule has 1 aromatic heterocycles. The summed E-state index contributed by atoms with van der Waals surface area (Å²) in [6.45, 7) is 6.57. The van der Waals surface area contributed by atoms with Gasteiger partial charge in [0, 0.05) is 26.7 Å². The predicted molar refractivity (Wildman–Crippen MR) is 104 cm³/mol. The molecule has 0 fully saturated rings. The normalized spacial score (nSPS) is 11.7. The zero-order valence-corrected chi connectivity index (χ0v) is 15.1. The lowest BCUT2D eigenvalue weighted by Crippen LogP contribution is -2.38. The number of fused-ring (bicyclic) bond motifs is 1. The van der Waals surface area contributed by atoms with E-state index >= 15 is 0 Å². The van der Waals surface area contributed by atoms with Gasteiger partial charge in [0.25, 0.3) is 0 Å². The molecule has 0 aliphatic carbocycles. The molecule has 0 amide bonds. The van der Waals surface area contributed by atoms with E-state index < -0.39 is 0 Å². The molecule has 2 N–H and O–H groups in total. The molecule has 1 heterocycles. The molecule has 0 spiro atoms. The van der Waals surface area contributed by atoms with Crippen molar-refractivity contribution in [1.29, 1.82) is 0 Å². The molecule has 3 rings (SSSR count). The van der Waals surface area contributed by atoms with Gasteiger partial charge in [-0.25, -0.2) is 4.98 Å². The minimum atomic E-state index is 0.763. The summed E-state index contributed by atoms with van der Waals surface area (Å²) in [6, 6.07) is 16.6. The average Bonchev–Trinajstić information content (AvgIpc) is 2.94. The van der Waals surface area contributed by atoms with E-state index in [0.717, 1.165) is 36.9 Å². The van der Waals surface area contributed by atoms with E-state index in [-0.39, 0.29) is 0 Å². The van der Waals surface area contributed by atoms with Gasteiger partial charge in [-0.1, -0.05) is 36.4 Å². The Bertz CT molecular complexity index is 879. The lowest BCUT2D eigenvalue weighted by Gasteiger charge is -2.14. The number of hydrogen-bond donors (Lipinski definition) is 2. The van der Waals surface area contributed by atoms with Crippen LogP contribution >= 0.6 is 0 Å². The second kappa shape index (κ2) is 7.83. The highest BCUT2D eigenvalue weighted by atomic mass is 15.2. The summed E-state index contributed by atoms with van der Waals surface area (Å²) in [4.78, 5) is 8.91. The van der Waals surface area contributed by atoms with Crippen molar-refractivity contribution in [3.8, 4) is 0 Å². The van der Waals surface area contributed by atoms with Gasteiger partial charge in [0.1, 0.15) is 5.82 Å². The summed E-state index contributed by atoms with van der Waals surface area (Å²) in [7, 11) is 1.80. The first-order valence-corrected chi connectivity index (χ1v) is 8.60. The summed E-state index contributed by atoms with van der Waals surface area (Å²) in [5.41, 5.74) is 4.78. The smallest absolute Gasteiger partial charge is 0.191 e. The molecule has 130 valence electrons. The summed E-state index contributed by atoms with van der Waals surface area (Å²) < 4.78 is 2.23. The summed E-state index contributed by atoms with van der Waals surface area (Å²) >= 11 is 0. The summed E-state index contributed by atoms with van der Waals surface area (Å²) in [6.07, 6.45) is 0. The maximum atomic E-state index is 4.61. The number of aromatic nitrogens is 2. The van der Waals surface area contributed by atoms with Crippen molar-refractivity contribution >= 4 is 17.0 Å². The van der Waals surface area contributed by atoms with Crippen LogP contribution in [0.15, 0.2) is 53.5 Å². The van der Waals surface area contributed by atoms with Gasteiger partial charge >= 0.3 is 0 Å². The van der Waals surface area contributed by atoms with E-state index in [2.05, 4.69) is 74.6 Å². The van der Waals surface area contributed by atoms with E-state index in [1.54, 1.807) is 7.05 Å². The van der Waals surface area contributed by atoms with Crippen molar-refractivity contribution in [3.05, 3.63) is 65.5 Å². The first-order valence-electron chi connectivity index (χ1n) is 8.60. The van der Waals surface area contributed by atoms with Crippen molar-refractivity contribution in [2.24, 2.45) is 4.99 Å². The fourth-order valence-corrected chi connectivity index (χ4v) is 2.97. The Morgan fingerprint density at radius 3 is 2.60 bits per heavy atom. The topological polar surface area (TPSA) is 54.2 Å². The van der Waals surface area contributed by atoms with Gasteiger partial charge in [-0.2, -0.15) is 0 Å². The number of aryl methyl sites for hydroxylation is 2. The Hall–Kier alpha value is -2.82. The molecule has 0 aliphatic rings. The maximum Gasteiger partial charge on any atom is 0.191 e. The van der Waals surface area contributed by atoms with Gasteiger partial charge in [-0.15, -0.1) is 0 Å². The van der Waals surface area contributed by atoms with E-state index in [1.165, 1.54) is 16.6 Å². The number of para-hydroxylation sites is 2. The zero-order valence-electron chi connectivity index (χ0n) is 15.1. The van der Waals surface area contributed by atoms with Gasteiger partial charge in [0.15, 0.2) is 5.96 Å². The average molecular weight is 335 g/mol. The third-order valence-corrected chi connectivity index (χ3v) is 4.40. The van der Waals surface area contributed by atoms with Crippen LogP contribution in [0.1, 0.15) is 17.0 Å². The van der Waals surface area contributed by atoms with Crippen LogP contribution in [0.4, 0.5) is 0 Å². The number of hydrogen-bond acceptors (Lipinski definition) is 2. The molecule has 25 heavy (non-hydrogen) atoms. The maximum absolute atomic E-state index is 4.61. The van der Waals surface area contributed by atoms with E-state index in [1.807, 2.05) is 13.0 Å². The molecule has 5 nitrogen and oxygen atoms in total. The molecule has 0 unspecified atom stereocenters. The molecule has 0 saturated heterocycles. The molecular weight excluding hydrogens is 310 g/mol. The molecule has 2 aromatic carbocycles. The van der Waals surface area contributed by atoms with Crippen LogP contribution in [0.25, 0.3) is 11.0 Å². The minimum Gasteiger partial charge on any atom is -0.355 e. The number of aliphatic imine (C=N–C) groups is 1. The predicted octanol–water partition coefficient (Wildman–Crippen LogP) is 3.02. The van der Waals surface area contributed by atoms with Crippen LogP contribution in [0.3, 0.4) is 0 Å². The second-order valence-electron chi connectivity index (χ2n) is 6.08. The largest absolute Gasteiger partial charge is 0.355 e. The summed E-state index contributed by atoms with van der Waals surface area (Å²) in [5.74, 6) is 1.84. The molecule has 0 bridgehead atoms. The number of nitrogens with one attached hydrogen (secondary N) is 2. The summed E-state index contributed by atoms with van der Waals surface area (Å²) in [5, 5.41) is 6.75. The third kappa shape index (κ3) is 3.99. The molecule has 3 aromatic rings. The number of benzene rings is 2. The fourth-order valence-electron chi connectivity index (χ4n) is 2.97. The SMILES string of the molecule is CN=C(NCCn1c(C)nc2ccccc21)NCc1ccccc1C. The first kappa shape index (κ1) is 17.0. The van der Waals surface area contributed by atoms with Gasteiger partial charge in [-0.3, -0.25) is 4.99 Å². The van der Waals surface area contributed by atoms with E-state index in [4.69, 9.17) is 0 Å². The Morgan fingerprint density at radius 2 is 1.80 bits per heavy atom. The zero-order chi connectivity index (χ0) is 17.6. The number of guanidine groups is 1. The van der Waals surface area contributed by atoms with Crippen LogP contribution in [-0.4, -0.2) is 29.1 Å². The molecule has 0 aliphatic heterocycles. The fraction of sp³-hybridized carbons (Fsp3) is 0.300. The van der Waals surface area contributed by atoms with Crippen LogP contribution in [-0.2, 0) is 13.1 Å². The highest BCUT2D eigenvalue weighted by Crippen LogP contribution is 2.14. The highest BCUT2D eigenvalue weighted by molar-refractivity contribution is 5.79. The molecule has 0 saturated carbocycles. The van der Waals surface area contributed by atoms with Gasteiger partial charge in [-0.05, 0) is 37.1 Å². The van der Waals surface area contributed by atoms with Crippen molar-refractivity contribution in [2.45, 2.75) is 26.9 Å². The van der Waals surface area contributed by atoms with Crippen LogP contribution < -0.4 is 10.6 Å². The van der Waals surface area contributed by atoms with Gasteiger partial charge in [0.05, 0.1) is 11.0 Å². The van der Waals surface area contributed by atoms with Crippen molar-refractivity contribution in [3.63, 3.8) is 0 Å². The number of nitrogens with zero attached hydrogens (tertiary/aromatic N) is 3. The standard InChI is InChI=1S/C20H25N5/c1-15-8-4-5-9-17(15)14-23-20(21-3)22-12-13-25-16(2)24-18-10-6-7-11-19(18)25/h4-11H,12-14H2,1-3H3,(H2,21,22,23). The third-order valence-electron chi connectivity index (χ3n) is 4.40. The van der Waals surface area contributed by atoms with Crippen molar-refractivity contribution in [1.82, 2.24) is 20.2 Å². The second-order valence-corrected chi connectivity index (χ2v) is 6.08. The molecular formula is C20H25N5. The van der Waals surface area contributed by atoms with Crippen LogP contribution in [0.5, 0.6) is 0 Å².